The lowest BCUT2D eigenvalue weighted by Crippen LogP contribution is -2.35. The first kappa shape index (κ1) is 21.1. The molecule has 0 radical (unpaired) electrons. The van der Waals surface area contributed by atoms with Crippen LogP contribution in [0.2, 0.25) is 0 Å². The van der Waals surface area contributed by atoms with Gasteiger partial charge in [-0.15, -0.1) is 0 Å². The third-order valence-electron chi connectivity index (χ3n) is 3.72. The zero-order valence-corrected chi connectivity index (χ0v) is 16.1. The van der Waals surface area contributed by atoms with E-state index >= 15 is 0 Å². The summed E-state index contributed by atoms with van der Waals surface area (Å²) in [5.74, 6) is -1.55. The average Bonchev–Trinajstić information content (AvgIpc) is 2.67. The van der Waals surface area contributed by atoms with Crippen LogP contribution >= 0.6 is 0 Å². The van der Waals surface area contributed by atoms with Crippen LogP contribution in [0, 0.1) is 18.3 Å². The molecule has 9 heteroatoms. The molecule has 0 aliphatic carbocycles. The molecule has 0 saturated heterocycles. The second-order valence-corrected chi connectivity index (χ2v) is 7.68. The van der Waals surface area contributed by atoms with Gasteiger partial charge in [-0.1, -0.05) is 29.8 Å². The third kappa shape index (κ3) is 5.64. The van der Waals surface area contributed by atoms with Crippen molar-refractivity contribution < 1.29 is 22.7 Å². The van der Waals surface area contributed by atoms with Crippen molar-refractivity contribution in [2.45, 2.75) is 24.8 Å². The molecule has 0 spiro atoms. The van der Waals surface area contributed by atoms with Crippen LogP contribution in [-0.4, -0.2) is 32.9 Å². The fourth-order valence-electron chi connectivity index (χ4n) is 2.17. The first-order valence-electron chi connectivity index (χ1n) is 8.29. The van der Waals surface area contributed by atoms with Gasteiger partial charge >= 0.3 is 5.97 Å². The summed E-state index contributed by atoms with van der Waals surface area (Å²) in [5.41, 5.74) is 1.45. The van der Waals surface area contributed by atoms with Crippen LogP contribution in [0.3, 0.4) is 0 Å². The number of nitriles is 1. The Morgan fingerprint density at radius 1 is 1.14 bits per heavy atom. The maximum absolute atomic E-state index is 12.2. The van der Waals surface area contributed by atoms with Crippen molar-refractivity contribution in [3.05, 3.63) is 59.7 Å². The van der Waals surface area contributed by atoms with Crippen LogP contribution in [0.25, 0.3) is 0 Å². The molecule has 1 amide bonds. The number of carbonyl (C=O) groups is 2. The highest BCUT2D eigenvalue weighted by atomic mass is 32.2. The fraction of sp³-hybridized carbons (Fsp3) is 0.211. The summed E-state index contributed by atoms with van der Waals surface area (Å²) in [5, 5.41) is 11.5. The molecule has 0 saturated carbocycles. The van der Waals surface area contributed by atoms with Gasteiger partial charge in [-0.2, -0.15) is 9.98 Å². The predicted molar refractivity (Wildman–Crippen MR) is 102 cm³/mol. The van der Waals surface area contributed by atoms with E-state index in [1.165, 1.54) is 25.1 Å². The lowest BCUT2D eigenvalue weighted by molar-refractivity contribution is -0.151. The number of carbonyl (C=O) groups excluding carboxylic acids is 2. The Hall–Kier alpha value is -3.22. The molecule has 146 valence electrons. The number of esters is 1. The van der Waals surface area contributed by atoms with Gasteiger partial charge in [-0.3, -0.25) is 9.59 Å². The van der Waals surface area contributed by atoms with Crippen molar-refractivity contribution in [1.29, 1.82) is 5.26 Å². The molecule has 0 aromatic heterocycles. The van der Waals surface area contributed by atoms with Gasteiger partial charge in [-0.05, 0) is 38.1 Å². The number of para-hydroxylation sites is 1. The molecule has 0 bridgehead atoms. The van der Waals surface area contributed by atoms with Gasteiger partial charge in [0.15, 0.2) is 6.10 Å². The Kier molecular flexibility index (Phi) is 6.87. The monoisotopic (exact) mass is 401 g/mol. The molecule has 2 N–H and O–H groups in total. The number of nitrogens with one attached hydrogen (secondary N) is 2. The normalized spacial score (nSPS) is 11.9. The maximum atomic E-state index is 12.2. The SMILES string of the molecule is Cc1ccc(S(=O)(=O)NCC(=O)O[C@H](C)C(=O)Nc2ccccc2C#N)cc1. The lowest BCUT2D eigenvalue weighted by Gasteiger charge is -2.14. The van der Waals surface area contributed by atoms with Gasteiger partial charge in [0.1, 0.15) is 12.6 Å². The van der Waals surface area contributed by atoms with Crippen LogP contribution in [0.1, 0.15) is 18.1 Å². The van der Waals surface area contributed by atoms with Crippen LogP contribution in [0.15, 0.2) is 53.4 Å². The number of amides is 1. The number of hydrogen-bond donors (Lipinski definition) is 2. The number of rotatable bonds is 7. The lowest BCUT2D eigenvalue weighted by atomic mass is 10.2. The fourth-order valence-corrected chi connectivity index (χ4v) is 3.14. The summed E-state index contributed by atoms with van der Waals surface area (Å²) in [7, 11) is -3.87. The topological polar surface area (TPSA) is 125 Å². The molecule has 0 heterocycles. The van der Waals surface area contributed by atoms with Crippen molar-refractivity contribution >= 4 is 27.6 Å². The molecule has 28 heavy (non-hydrogen) atoms. The molecular weight excluding hydrogens is 382 g/mol. The van der Waals surface area contributed by atoms with E-state index in [1.807, 2.05) is 13.0 Å². The van der Waals surface area contributed by atoms with E-state index in [4.69, 9.17) is 10.00 Å². The maximum Gasteiger partial charge on any atom is 0.321 e. The van der Waals surface area contributed by atoms with Gasteiger partial charge in [0.25, 0.3) is 5.91 Å². The summed E-state index contributed by atoms with van der Waals surface area (Å²) >= 11 is 0. The number of hydrogen-bond acceptors (Lipinski definition) is 6. The van der Waals surface area contributed by atoms with Crippen LogP contribution < -0.4 is 10.0 Å². The standard InChI is InChI=1S/C19H19N3O5S/c1-13-7-9-16(10-8-13)28(25,26)21-12-18(23)27-14(2)19(24)22-17-6-4-3-5-15(17)11-20/h3-10,14,21H,12H2,1-2H3,(H,22,24)/t14-/m1/s1. The van der Waals surface area contributed by atoms with Gasteiger partial charge in [0, 0.05) is 0 Å². The molecule has 0 aliphatic heterocycles. The first-order chi connectivity index (χ1) is 13.2. The summed E-state index contributed by atoms with van der Waals surface area (Å²) < 4.78 is 31.4. The molecule has 0 unspecified atom stereocenters. The van der Waals surface area contributed by atoms with Crippen molar-refractivity contribution in [3.63, 3.8) is 0 Å². The van der Waals surface area contributed by atoms with E-state index in [0.29, 0.717) is 0 Å². The molecule has 2 aromatic rings. The highest BCUT2D eigenvalue weighted by Crippen LogP contribution is 2.14. The van der Waals surface area contributed by atoms with Gasteiger partial charge in [0.2, 0.25) is 10.0 Å². The minimum Gasteiger partial charge on any atom is -0.452 e. The zero-order valence-electron chi connectivity index (χ0n) is 15.3. The van der Waals surface area contributed by atoms with E-state index in [-0.39, 0.29) is 16.1 Å². The Balaban J connectivity index is 1.90. The van der Waals surface area contributed by atoms with Crippen molar-refractivity contribution in [2.75, 3.05) is 11.9 Å². The Labute approximate surface area is 163 Å². The molecule has 0 aliphatic rings. The van der Waals surface area contributed by atoms with Gasteiger partial charge in [-0.25, -0.2) is 8.42 Å². The Morgan fingerprint density at radius 3 is 2.43 bits per heavy atom. The Bertz CT molecular complexity index is 1010. The third-order valence-corrected chi connectivity index (χ3v) is 5.14. The summed E-state index contributed by atoms with van der Waals surface area (Å²) in [6, 6.07) is 14.4. The van der Waals surface area contributed by atoms with E-state index in [9.17, 15) is 18.0 Å². The number of nitrogens with zero attached hydrogens (tertiary/aromatic N) is 1. The zero-order chi connectivity index (χ0) is 20.7. The second-order valence-electron chi connectivity index (χ2n) is 5.92. The van der Waals surface area contributed by atoms with Gasteiger partial charge < -0.3 is 10.1 Å². The van der Waals surface area contributed by atoms with Crippen molar-refractivity contribution in [1.82, 2.24) is 4.72 Å². The van der Waals surface area contributed by atoms with Crippen molar-refractivity contribution in [2.24, 2.45) is 0 Å². The minimum absolute atomic E-state index is 0.0183. The van der Waals surface area contributed by atoms with Crippen molar-refractivity contribution in [3.8, 4) is 6.07 Å². The highest BCUT2D eigenvalue weighted by molar-refractivity contribution is 7.89. The van der Waals surface area contributed by atoms with Crippen LogP contribution in [-0.2, 0) is 24.3 Å². The molecule has 8 nitrogen and oxygen atoms in total. The molecular formula is C19H19N3O5S. The predicted octanol–water partition coefficient (Wildman–Crippen LogP) is 1.72. The molecule has 1 atom stereocenters. The number of anilines is 1. The highest BCUT2D eigenvalue weighted by Gasteiger charge is 2.21. The summed E-state index contributed by atoms with van der Waals surface area (Å²) in [4.78, 5) is 24.0. The Morgan fingerprint density at radius 2 is 1.79 bits per heavy atom. The number of sulfonamides is 1. The number of aryl methyl sites for hydroxylation is 1. The smallest absolute Gasteiger partial charge is 0.321 e. The van der Waals surface area contributed by atoms with Crippen LogP contribution in [0.5, 0.6) is 0 Å². The van der Waals surface area contributed by atoms with Gasteiger partial charge in [0.05, 0.1) is 16.1 Å². The second kappa shape index (κ2) is 9.12. The van der Waals surface area contributed by atoms with Crippen LogP contribution in [0.4, 0.5) is 5.69 Å². The minimum atomic E-state index is -3.87. The van der Waals surface area contributed by atoms with E-state index < -0.39 is 34.5 Å². The quantitative estimate of drug-likeness (QED) is 0.681. The summed E-state index contributed by atoms with van der Waals surface area (Å²) in [6.45, 7) is 2.54. The average molecular weight is 401 g/mol. The first-order valence-corrected chi connectivity index (χ1v) is 9.77. The molecule has 2 aromatic carbocycles. The summed E-state index contributed by atoms with van der Waals surface area (Å²) in [6.07, 6.45) is -1.18. The van der Waals surface area contributed by atoms with E-state index in [1.54, 1.807) is 30.3 Å². The van der Waals surface area contributed by atoms with E-state index in [0.717, 1.165) is 5.56 Å². The number of benzene rings is 2. The number of ether oxygens (including phenoxy) is 1. The largest absolute Gasteiger partial charge is 0.452 e. The molecule has 0 fully saturated rings. The molecule has 2 rings (SSSR count). The van der Waals surface area contributed by atoms with E-state index in [2.05, 4.69) is 10.0 Å².